The van der Waals surface area contributed by atoms with Gasteiger partial charge in [0.25, 0.3) is 0 Å². The summed E-state index contributed by atoms with van der Waals surface area (Å²) in [6.07, 6.45) is 4.27. The molecule has 0 radical (unpaired) electrons. The predicted octanol–water partition coefficient (Wildman–Crippen LogP) is 1.82. The first kappa shape index (κ1) is 15.5. The molecule has 2 heterocycles. The summed E-state index contributed by atoms with van der Waals surface area (Å²) in [6, 6.07) is 6.77. The zero-order valence-corrected chi connectivity index (χ0v) is 13.0. The van der Waals surface area contributed by atoms with Gasteiger partial charge in [-0.2, -0.15) is 0 Å². The Morgan fingerprint density at radius 3 is 2.91 bits per heavy atom. The number of hydrogen-bond acceptors (Lipinski definition) is 6. The lowest BCUT2D eigenvalue weighted by Crippen LogP contribution is -2.15. The molecule has 1 aliphatic heterocycles. The molecule has 0 spiro atoms. The summed E-state index contributed by atoms with van der Waals surface area (Å²) in [6.45, 7) is 1.88. The Morgan fingerprint density at radius 1 is 1.39 bits per heavy atom. The maximum Gasteiger partial charge on any atom is 0.337 e. The van der Waals surface area contributed by atoms with E-state index in [4.69, 9.17) is 9.47 Å². The molecule has 0 saturated carbocycles. The van der Waals surface area contributed by atoms with Crippen molar-refractivity contribution in [1.29, 1.82) is 0 Å². The van der Waals surface area contributed by atoms with E-state index < -0.39 is 0 Å². The first-order valence-corrected chi connectivity index (χ1v) is 7.56. The summed E-state index contributed by atoms with van der Waals surface area (Å²) in [5, 5.41) is 8.18. The van der Waals surface area contributed by atoms with Crippen LogP contribution in [0.15, 0.2) is 30.5 Å². The summed E-state index contributed by atoms with van der Waals surface area (Å²) in [5.41, 5.74) is 1.24. The third-order valence-corrected chi connectivity index (χ3v) is 3.66. The molecule has 1 aliphatic rings. The lowest BCUT2D eigenvalue weighted by molar-refractivity contribution is 0.0600. The SMILES string of the molecule is COC(=O)c1ccc(OCc2cn(CC3CCCO3)nn2)cc1. The Labute approximate surface area is 134 Å². The van der Waals surface area contributed by atoms with Gasteiger partial charge in [0.1, 0.15) is 18.1 Å². The molecule has 7 heteroatoms. The highest BCUT2D eigenvalue weighted by atomic mass is 16.5. The molecule has 0 amide bonds. The van der Waals surface area contributed by atoms with Gasteiger partial charge in [-0.05, 0) is 37.1 Å². The fourth-order valence-corrected chi connectivity index (χ4v) is 2.45. The molecule has 0 bridgehead atoms. The summed E-state index contributed by atoms with van der Waals surface area (Å²) >= 11 is 0. The highest BCUT2D eigenvalue weighted by Gasteiger charge is 2.16. The van der Waals surface area contributed by atoms with Crippen molar-refractivity contribution < 1.29 is 19.0 Å². The van der Waals surface area contributed by atoms with Crippen LogP contribution < -0.4 is 4.74 Å². The third kappa shape index (κ3) is 4.07. The molecule has 1 fully saturated rings. The monoisotopic (exact) mass is 317 g/mol. The molecule has 23 heavy (non-hydrogen) atoms. The zero-order chi connectivity index (χ0) is 16.1. The normalized spacial score (nSPS) is 17.2. The minimum atomic E-state index is -0.367. The van der Waals surface area contributed by atoms with Crippen LogP contribution in [-0.2, 0) is 22.6 Å². The molecule has 0 aliphatic carbocycles. The summed E-state index contributed by atoms with van der Waals surface area (Å²) in [7, 11) is 1.35. The number of hydrogen-bond donors (Lipinski definition) is 0. The number of nitrogens with zero attached hydrogens (tertiary/aromatic N) is 3. The van der Waals surface area contributed by atoms with E-state index in [1.54, 1.807) is 28.9 Å². The molecule has 0 N–H and O–H groups in total. The van der Waals surface area contributed by atoms with Gasteiger partial charge < -0.3 is 14.2 Å². The van der Waals surface area contributed by atoms with E-state index in [1.807, 2.05) is 6.20 Å². The average molecular weight is 317 g/mol. The number of carbonyl (C=O) groups is 1. The molecule has 7 nitrogen and oxygen atoms in total. The molecule has 1 aromatic carbocycles. The number of ether oxygens (including phenoxy) is 3. The first-order valence-electron chi connectivity index (χ1n) is 7.56. The number of aromatic nitrogens is 3. The van der Waals surface area contributed by atoms with Crippen molar-refractivity contribution >= 4 is 5.97 Å². The van der Waals surface area contributed by atoms with Crippen LogP contribution in [0.4, 0.5) is 0 Å². The van der Waals surface area contributed by atoms with E-state index in [1.165, 1.54) is 7.11 Å². The fourth-order valence-electron chi connectivity index (χ4n) is 2.45. The second-order valence-corrected chi connectivity index (χ2v) is 5.37. The van der Waals surface area contributed by atoms with Gasteiger partial charge >= 0.3 is 5.97 Å². The largest absolute Gasteiger partial charge is 0.487 e. The zero-order valence-electron chi connectivity index (χ0n) is 13.0. The van der Waals surface area contributed by atoms with Crippen LogP contribution in [0.3, 0.4) is 0 Å². The van der Waals surface area contributed by atoms with Crippen molar-refractivity contribution in [2.24, 2.45) is 0 Å². The number of benzene rings is 1. The lowest BCUT2D eigenvalue weighted by Gasteiger charge is -2.07. The van der Waals surface area contributed by atoms with Gasteiger partial charge in [-0.1, -0.05) is 5.21 Å². The number of esters is 1. The first-order chi connectivity index (χ1) is 11.2. The standard InChI is InChI=1S/C16H19N3O4/c1-21-16(20)12-4-6-14(7-5-12)23-11-13-9-19(18-17-13)10-15-3-2-8-22-15/h4-7,9,15H,2-3,8,10-11H2,1H3. The molecule has 1 aromatic heterocycles. The number of carbonyl (C=O) groups excluding carboxylic acids is 1. The Kier molecular flexibility index (Phi) is 4.87. The Morgan fingerprint density at radius 2 is 2.22 bits per heavy atom. The molecule has 1 atom stereocenters. The average Bonchev–Trinajstić information content (AvgIpc) is 3.25. The summed E-state index contributed by atoms with van der Waals surface area (Å²) in [5.74, 6) is 0.292. The Balaban J connectivity index is 1.51. The summed E-state index contributed by atoms with van der Waals surface area (Å²) in [4.78, 5) is 11.4. The molecule has 1 unspecified atom stereocenters. The number of methoxy groups -OCH3 is 1. The third-order valence-electron chi connectivity index (χ3n) is 3.66. The van der Waals surface area contributed by atoms with Crippen molar-refractivity contribution in [1.82, 2.24) is 15.0 Å². The van der Waals surface area contributed by atoms with Crippen molar-refractivity contribution in [2.75, 3.05) is 13.7 Å². The van der Waals surface area contributed by atoms with Gasteiger partial charge in [-0.15, -0.1) is 5.10 Å². The molecular weight excluding hydrogens is 298 g/mol. The van der Waals surface area contributed by atoms with E-state index in [0.717, 1.165) is 31.7 Å². The molecule has 122 valence electrons. The highest BCUT2D eigenvalue weighted by molar-refractivity contribution is 5.89. The van der Waals surface area contributed by atoms with Crippen molar-refractivity contribution in [3.05, 3.63) is 41.7 Å². The van der Waals surface area contributed by atoms with E-state index in [2.05, 4.69) is 15.0 Å². The van der Waals surface area contributed by atoms with Crippen LogP contribution in [0, 0.1) is 0 Å². The Hall–Kier alpha value is -2.41. The van der Waals surface area contributed by atoms with Crippen LogP contribution in [0.2, 0.25) is 0 Å². The van der Waals surface area contributed by atoms with Gasteiger partial charge in [-0.25, -0.2) is 9.48 Å². The van der Waals surface area contributed by atoms with Crippen LogP contribution in [0.5, 0.6) is 5.75 Å². The Bertz CT molecular complexity index is 648. The van der Waals surface area contributed by atoms with E-state index >= 15 is 0 Å². The second-order valence-electron chi connectivity index (χ2n) is 5.37. The van der Waals surface area contributed by atoms with Crippen molar-refractivity contribution in [2.45, 2.75) is 32.1 Å². The van der Waals surface area contributed by atoms with Gasteiger partial charge in [0.05, 0.1) is 31.5 Å². The maximum absolute atomic E-state index is 11.4. The second kappa shape index (κ2) is 7.23. The van der Waals surface area contributed by atoms with Crippen molar-refractivity contribution in [3.63, 3.8) is 0 Å². The van der Waals surface area contributed by atoms with Crippen molar-refractivity contribution in [3.8, 4) is 5.75 Å². The van der Waals surface area contributed by atoms with Gasteiger partial charge in [-0.3, -0.25) is 0 Å². The van der Waals surface area contributed by atoms with Gasteiger partial charge in [0.2, 0.25) is 0 Å². The fraction of sp³-hybridized carbons (Fsp3) is 0.438. The molecule has 3 rings (SSSR count). The molecular formula is C16H19N3O4. The highest BCUT2D eigenvalue weighted by Crippen LogP contribution is 2.15. The quantitative estimate of drug-likeness (QED) is 0.757. The summed E-state index contributed by atoms with van der Waals surface area (Å²) < 4.78 is 17.7. The van der Waals surface area contributed by atoms with E-state index in [9.17, 15) is 4.79 Å². The van der Waals surface area contributed by atoms with E-state index in [0.29, 0.717) is 17.9 Å². The van der Waals surface area contributed by atoms with Gasteiger partial charge in [0, 0.05) is 6.61 Å². The molecule has 1 saturated heterocycles. The van der Waals surface area contributed by atoms with Gasteiger partial charge in [0.15, 0.2) is 0 Å². The van der Waals surface area contributed by atoms with Crippen LogP contribution in [-0.4, -0.2) is 40.8 Å². The number of rotatable bonds is 6. The topological polar surface area (TPSA) is 75.5 Å². The minimum absolute atomic E-state index is 0.233. The molecule has 2 aromatic rings. The predicted molar refractivity (Wildman–Crippen MR) is 81.1 cm³/mol. The van der Waals surface area contributed by atoms with E-state index in [-0.39, 0.29) is 12.1 Å². The maximum atomic E-state index is 11.4. The minimum Gasteiger partial charge on any atom is -0.487 e. The van der Waals surface area contributed by atoms with Crippen LogP contribution in [0.1, 0.15) is 28.9 Å². The lowest BCUT2D eigenvalue weighted by atomic mass is 10.2. The smallest absolute Gasteiger partial charge is 0.337 e. The van der Waals surface area contributed by atoms with Crippen LogP contribution in [0.25, 0.3) is 0 Å². The van der Waals surface area contributed by atoms with Crippen LogP contribution >= 0.6 is 0 Å².